The summed E-state index contributed by atoms with van der Waals surface area (Å²) in [5.41, 5.74) is 1.32. The van der Waals surface area contributed by atoms with E-state index in [9.17, 15) is 0 Å². The normalized spacial score (nSPS) is 22.4. The molecular formula is C7H10N2. The third-order valence-electron chi connectivity index (χ3n) is 1.24. The molecule has 9 heavy (non-hydrogen) atoms. The largest absolute Gasteiger partial charge is 0.270 e. The summed E-state index contributed by atoms with van der Waals surface area (Å²) in [5, 5.41) is 0. The molecule has 2 heteroatoms. The molecule has 0 radical (unpaired) electrons. The van der Waals surface area contributed by atoms with Gasteiger partial charge in [0.15, 0.2) is 0 Å². The van der Waals surface area contributed by atoms with Crippen LogP contribution in [-0.4, -0.2) is 19.1 Å². The van der Waals surface area contributed by atoms with Crippen LogP contribution in [0.2, 0.25) is 0 Å². The van der Waals surface area contributed by atoms with E-state index in [1.54, 1.807) is 7.05 Å². The molecule has 0 amide bonds. The second kappa shape index (κ2) is 2.58. The average molecular weight is 122 g/mol. The molecule has 1 heterocycles. The number of hydrogen-bond acceptors (Lipinski definition) is 1. The first kappa shape index (κ1) is 6.20. The van der Waals surface area contributed by atoms with Crippen LogP contribution in [0.1, 0.15) is 13.3 Å². The number of hydrogen-bond donors (Lipinski definition) is 0. The molecule has 0 aromatic rings. The number of aliphatic imine (C=N–C) groups is 2. The van der Waals surface area contributed by atoms with Gasteiger partial charge >= 0.3 is 0 Å². The monoisotopic (exact) mass is 122 g/mol. The van der Waals surface area contributed by atoms with Gasteiger partial charge in [-0.2, -0.15) is 0 Å². The van der Waals surface area contributed by atoms with Gasteiger partial charge in [0.1, 0.15) is 5.84 Å². The molecule has 0 aliphatic carbocycles. The maximum Gasteiger partial charge on any atom is 0.146 e. The molecule has 0 aromatic carbocycles. The summed E-state index contributed by atoms with van der Waals surface area (Å²) in [7, 11) is 1.75. The summed E-state index contributed by atoms with van der Waals surface area (Å²) >= 11 is 0. The summed E-state index contributed by atoms with van der Waals surface area (Å²) in [6, 6.07) is 0. The van der Waals surface area contributed by atoms with E-state index in [1.165, 1.54) is 5.57 Å². The molecule has 1 rings (SSSR count). The minimum absolute atomic E-state index is 0.832. The Morgan fingerprint density at radius 3 is 2.89 bits per heavy atom. The maximum atomic E-state index is 4.05. The van der Waals surface area contributed by atoms with E-state index in [1.807, 2.05) is 12.3 Å². The molecule has 48 valence electrons. The van der Waals surface area contributed by atoms with Gasteiger partial charge in [-0.1, -0.05) is 5.57 Å². The second-order valence-corrected chi connectivity index (χ2v) is 2.09. The molecule has 1 aliphatic heterocycles. The molecule has 0 spiro atoms. The van der Waals surface area contributed by atoms with Gasteiger partial charge in [-0.25, -0.2) is 4.99 Å². The molecule has 0 aromatic heterocycles. The fraction of sp³-hybridized carbons (Fsp3) is 0.429. The van der Waals surface area contributed by atoms with Crippen LogP contribution in [0.3, 0.4) is 0 Å². The first-order chi connectivity index (χ1) is 4.33. The highest BCUT2D eigenvalue weighted by Gasteiger charge is 1.96. The van der Waals surface area contributed by atoms with E-state index >= 15 is 0 Å². The minimum Gasteiger partial charge on any atom is -0.270 e. The lowest BCUT2D eigenvalue weighted by molar-refractivity contribution is 1.25. The van der Waals surface area contributed by atoms with Crippen LogP contribution in [0.15, 0.2) is 21.6 Å². The number of nitrogens with zero attached hydrogens (tertiary/aromatic N) is 2. The zero-order chi connectivity index (χ0) is 6.69. The van der Waals surface area contributed by atoms with E-state index in [0.29, 0.717) is 0 Å². The van der Waals surface area contributed by atoms with Crippen LogP contribution in [0.25, 0.3) is 0 Å². The summed E-state index contributed by atoms with van der Waals surface area (Å²) in [6.45, 7) is 2.08. The van der Waals surface area contributed by atoms with E-state index in [4.69, 9.17) is 0 Å². The Balaban J connectivity index is 2.78. The first-order valence-electron chi connectivity index (χ1n) is 2.99. The first-order valence-corrected chi connectivity index (χ1v) is 2.99. The Kier molecular flexibility index (Phi) is 1.78. The number of allylic oxidation sites excluding steroid dienone is 1. The van der Waals surface area contributed by atoms with Crippen LogP contribution in [-0.2, 0) is 0 Å². The lowest BCUT2D eigenvalue weighted by atomic mass is 10.2. The van der Waals surface area contributed by atoms with Crippen molar-refractivity contribution >= 4 is 12.1 Å². The van der Waals surface area contributed by atoms with Gasteiger partial charge in [-0.05, 0) is 13.0 Å². The van der Waals surface area contributed by atoms with Crippen LogP contribution < -0.4 is 0 Å². The number of amidine groups is 1. The zero-order valence-corrected chi connectivity index (χ0v) is 5.76. The lowest BCUT2D eigenvalue weighted by Gasteiger charge is -2.01. The van der Waals surface area contributed by atoms with Crippen LogP contribution >= 0.6 is 0 Å². The van der Waals surface area contributed by atoms with Crippen molar-refractivity contribution in [2.24, 2.45) is 9.98 Å². The smallest absolute Gasteiger partial charge is 0.146 e. The highest BCUT2D eigenvalue weighted by Crippen LogP contribution is 2.03. The van der Waals surface area contributed by atoms with Gasteiger partial charge in [0.25, 0.3) is 0 Å². The van der Waals surface area contributed by atoms with Gasteiger partial charge in [-0.3, -0.25) is 4.99 Å². The van der Waals surface area contributed by atoms with Gasteiger partial charge < -0.3 is 0 Å². The minimum atomic E-state index is 0.832. The molecule has 0 saturated heterocycles. The fourth-order valence-electron chi connectivity index (χ4n) is 0.722. The molecule has 1 aliphatic rings. The predicted octanol–water partition coefficient (Wildman–Crippen LogP) is 1.44. The summed E-state index contributed by atoms with van der Waals surface area (Å²) in [6.07, 6.45) is 4.86. The molecule has 0 unspecified atom stereocenters. The SMILES string of the molecule is CN=C1C=C(C)CC=N1. The van der Waals surface area contributed by atoms with Gasteiger partial charge in [0.05, 0.1) is 0 Å². The van der Waals surface area contributed by atoms with Gasteiger partial charge in [0.2, 0.25) is 0 Å². The van der Waals surface area contributed by atoms with Crippen molar-refractivity contribution in [3.8, 4) is 0 Å². The van der Waals surface area contributed by atoms with Crippen LogP contribution in [0.4, 0.5) is 0 Å². The molecule has 0 atom stereocenters. The fourth-order valence-corrected chi connectivity index (χ4v) is 0.722. The van der Waals surface area contributed by atoms with Gasteiger partial charge in [-0.15, -0.1) is 0 Å². The van der Waals surface area contributed by atoms with Gasteiger partial charge in [0, 0.05) is 19.7 Å². The molecule has 0 N–H and O–H groups in total. The standard InChI is InChI=1S/C7H10N2/c1-6-3-4-9-7(5-6)8-2/h4-5H,3H2,1-2H3. The molecule has 0 fully saturated rings. The van der Waals surface area contributed by atoms with E-state index in [-0.39, 0.29) is 0 Å². The third-order valence-corrected chi connectivity index (χ3v) is 1.24. The number of dihydropyridines is 1. The van der Waals surface area contributed by atoms with Crippen LogP contribution in [0.5, 0.6) is 0 Å². The van der Waals surface area contributed by atoms with Crippen LogP contribution in [0, 0.1) is 0 Å². The third kappa shape index (κ3) is 1.49. The maximum absolute atomic E-state index is 4.05. The molecule has 0 saturated carbocycles. The summed E-state index contributed by atoms with van der Waals surface area (Å²) < 4.78 is 0. The molecule has 0 bridgehead atoms. The lowest BCUT2D eigenvalue weighted by Crippen LogP contribution is -1.97. The average Bonchev–Trinajstić information content (AvgIpc) is 1.88. The highest BCUT2D eigenvalue weighted by molar-refractivity contribution is 6.01. The van der Waals surface area contributed by atoms with E-state index < -0.39 is 0 Å². The summed E-state index contributed by atoms with van der Waals surface area (Å²) in [5.74, 6) is 0.832. The topological polar surface area (TPSA) is 24.7 Å². The van der Waals surface area contributed by atoms with E-state index in [2.05, 4.69) is 16.9 Å². The van der Waals surface area contributed by atoms with E-state index in [0.717, 1.165) is 12.3 Å². The predicted molar refractivity (Wildman–Crippen MR) is 40.2 cm³/mol. The highest BCUT2D eigenvalue weighted by atomic mass is 14.9. The van der Waals surface area contributed by atoms with Crippen molar-refractivity contribution < 1.29 is 0 Å². The van der Waals surface area contributed by atoms with Crippen molar-refractivity contribution in [1.29, 1.82) is 0 Å². The zero-order valence-electron chi connectivity index (χ0n) is 5.76. The van der Waals surface area contributed by atoms with Crippen molar-refractivity contribution in [2.75, 3.05) is 7.05 Å². The Morgan fingerprint density at radius 1 is 1.67 bits per heavy atom. The van der Waals surface area contributed by atoms with Crippen molar-refractivity contribution in [3.63, 3.8) is 0 Å². The van der Waals surface area contributed by atoms with Crippen molar-refractivity contribution in [1.82, 2.24) is 0 Å². The Hall–Kier alpha value is -0.920. The Labute approximate surface area is 55.0 Å². The summed E-state index contributed by atoms with van der Waals surface area (Å²) in [4.78, 5) is 7.99. The quantitative estimate of drug-likeness (QED) is 0.464. The van der Waals surface area contributed by atoms with Crippen molar-refractivity contribution in [3.05, 3.63) is 11.6 Å². The molecular weight excluding hydrogens is 112 g/mol. The van der Waals surface area contributed by atoms with Crippen molar-refractivity contribution in [2.45, 2.75) is 13.3 Å². The Bertz CT molecular complexity index is 187. The Morgan fingerprint density at radius 2 is 2.44 bits per heavy atom. The number of rotatable bonds is 0. The second-order valence-electron chi connectivity index (χ2n) is 2.09. The molecule has 2 nitrogen and oxygen atoms in total.